The van der Waals surface area contributed by atoms with Gasteiger partial charge < -0.3 is 10.2 Å². The molecule has 0 aliphatic carbocycles. The normalized spacial score (nSPS) is 17.5. The van der Waals surface area contributed by atoms with Gasteiger partial charge in [0.25, 0.3) is 0 Å². The lowest BCUT2D eigenvalue weighted by Crippen LogP contribution is -2.30. The highest BCUT2D eigenvalue weighted by atomic mass is 16.3. The standard InChI is InChI=1S/C11H22O3/c1-4-9(6-10(13)5-2)11(14)8(3)7-12/h8-9,11-12,14H,4-7H2,1-3H3. The van der Waals surface area contributed by atoms with Crippen molar-refractivity contribution < 1.29 is 15.0 Å². The first kappa shape index (κ1) is 13.6. The molecule has 84 valence electrons. The smallest absolute Gasteiger partial charge is 0.133 e. The Hall–Kier alpha value is -0.410. The van der Waals surface area contributed by atoms with Crippen molar-refractivity contribution >= 4 is 5.78 Å². The average Bonchev–Trinajstić information content (AvgIpc) is 2.23. The van der Waals surface area contributed by atoms with Gasteiger partial charge in [-0.05, 0) is 5.92 Å². The summed E-state index contributed by atoms with van der Waals surface area (Å²) in [5.41, 5.74) is 0. The Kier molecular flexibility index (Phi) is 6.75. The zero-order valence-corrected chi connectivity index (χ0v) is 9.36. The first-order chi connectivity index (χ1) is 6.56. The van der Waals surface area contributed by atoms with Crippen LogP contribution in [0.3, 0.4) is 0 Å². The van der Waals surface area contributed by atoms with Crippen LogP contribution in [-0.2, 0) is 4.79 Å². The van der Waals surface area contributed by atoms with E-state index < -0.39 is 6.10 Å². The molecule has 3 heteroatoms. The second kappa shape index (κ2) is 6.96. The molecule has 0 spiro atoms. The maximum atomic E-state index is 11.2. The molecule has 0 heterocycles. The molecule has 0 radical (unpaired) electrons. The van der Waals surface area contributed by atoms with E-state index in [4.69, 9.17) is 5.11 Å². The molecule has 0 aliphatic heterocycles. The quantitative estimate of drug-likeness (QED) is 0.655. The first-order valence-corrected chi connectivity index (χ1v) is 5.37. The molecular weight excluding hydrogens is 180 g/mol. The Bertz CT molecular complexity index is 168. The average molecular weight is 202 g/mol. The molecule has 3 atom stereocenters. The molecule has 0 saturated heterocycles. The van der Waals surface area contributed by atoms with E-state index in [0.717, 1.165) is 6.42 Å². The number of aliphatic hydroxyl groups excluding tert-OH is 2. The van der Waals surface area contributed by atoms with Gasteiger partial charge >= 0.3 is 0 Å². The van der Waals surface area contributed by atoms with Gasteiger partial charge in [0.2, 0.25) is 0 Å². The van der Waals surface area contributed by atoms with Gasteiger partial charge in [0.1, 0.15) is 5.78 Å². The predicted octanol–water partition coefficient (Wildman–Crippen LogP) is 1.37. The number of Topliss-reactive ketones (excluding diaryl/α,β-unsaturated/α-hetero) is 1. The van der Waals surface area contributed by atoms with Gasteiger partial charge in [-0.3, -0.25) is 4.79 Å². The first-order valence-electron chi connectivity index (χ1n) is 5.37. The Balaban J connectivity index is 4.18. The van der Waals surface area contributed by atoms with E-state index in [1.807, 2.05) is 13.8 Å². The van der Waals surface area contributed by atoms with Crippen molar-refractivity contribution in [2.75, 3.05) is 6.61 Å². The van der Waals surface area contributed by atoms with Crippen molar-refractivity contribution in [1.29, 1.82) is 0 Å². The number of carbonyl (C=O) groups is 1. The summed E-state index contributed by atoms with van der Waals surface area (Å²) in [4.78, 5) is 11.2. The lowest BCUT2D eigenvalue weighted by atomic mass is 9.86. The van der Waals surface area contributed by atoms with E-state index in [2.05, 4.69) is 0 Å². The molecule has 0 bridgehead atoms. The molecule has 0 aromatic heterocycles. The molecule has 0 aliphatic rings. The fourth-order valence-corrected chi connectivity index (χ4v) is 1.52. The number of carbonyl (C=O) groups excluding carboxylic acids is 1. The number of ketones is 1. The van der Waals surface area contributed by atoms with Crippen molar-refractivity contribution in [1.82, 2.24) is 0 Å². The Morgan fingerprint density at radius 2 is 1.93 bits per heavy atom. The van der Waals surface area contributed by atoms with Crippen molar-refractivity contribution in [3.8, 4) is 0 Å². The summed E-state index contributed by atoms with van der Waals surface area (Å²) in [6.45, 7) is 5.56. The summed E-state index contributed by atoms with van der Waals surface area (Å²) in [7, 11) is 0. The van der Waals surface area contributed by atoms with Gasteiger partial charge in [-0.1, -0.05) is 27.2 Å². The molecule has 3 unspecified atom stereocenters. The van der Waals surface area contributed by atoms with Crippen molar-refractivity contribution in [3.63, 3.8) is 0 Å². The number of hydrogen-bond acceptors (Lipinski definition) is 3. The van der Waals surface area contributed by atoms with Gasteiger partial charge in [-0.25, -0.2) is 0 Å². The summed E-state index contributed by atoms with van der Waals surface area (Å²) < 4.78 is 0. The molecule has 14 heavy (non-hydrogen) atoms. The zero-order valence-electron chi connectivity index (χ0n) is 9.36. The lowest BCUT2D eigenvalue weighted by Gasteiger charge is -2.25. The van der Waals surface area contributed by atoms with Crippen LogP contribution in [0, 0.1) is 11.8 Å². The summed E-state index contributed by atoms with van der Waals surface area (Å²) >= 11 is 0. The minimum absolute atomic E-state index is 0.00963. The molecule has 0 aromatic carbocycles. The molecule has 2 N–H and O–H groups in total. The third-order valence-corrected chi connectivity index (χ3v) is 2.76. The van der Waals surface area contributed by atoms with Gasteiger partial charge in [0.15, 0.2) is 0 Å². The van der Waals surface area contributed by atoms with Crippen LogP contribution in [0.25, 0.3) is 0 Å². The van der Waals surface area contributed by atoms with Crippen LogP contribution in [0.4, 0.5) is 0 Å². The summed E-state index contributed by atoms with van der Waals surface area (Å²) in [5, 5.41) is 18.7. The van der Waals surface area contributed by atoms with E-state index in [1.54, 1.807) is 6.92 Å². The number of aliphatic hydroxyl groups is 2. The highest BCUT2D eigenvalue weighted by Crippen LogP contribution is 2.20. The molecule has 0 fully saturated rings. The van der Waals surface area contributed by atoms with Crippen molar-refractivity contribution in [2.24, 2.45) is 11.8 Å². The molecular formula is C11H22O3. The third-order valence-electron chi connectivity index (χ3n) is 2.76. The SMILES string of the molecule is CCC(=O)CC(CC)C(O)C(C)CO. The monoisotopic (exact) mass is 202 g/mol. The Morgan fingerprint density at radius 3 is 2.29 bits per heavy atom. The van der Waals surface area contributed by atoms with E-state index >= 15 is 0 Å². The van der Waals surface area contributed by atoms with E-state index in [9.17, 15) is 9.90 Å². The fourth-order valence-electron chi connectivity index (χ4n) is 1.52. The predicted molar refractivity (Wildman–Crippen MR) is 56.0 cm³/mol. The maximum absolute atomic E-state index is 11.2. The second-order valence-corrected chi connectivity index (χ2v) is 3.92. The van der Waals surface area contributed by atoms with Crippen LogP contribution in [-0.4, -0.2) is 28.7 Å². The summed E-state index contributed by atoms with van der Waals surface area (Å²) in [6.07, 6.45) is 1.16. The third kappa shape index (κ3) is 4.20. The highest BCUT2D eigenvalue weighted by molar-refractivity contribution is 5.78. The van der Waals surface area contributed by atoms with E-state index in [1.165, 1.54) is 0 Å². The minimum atomic E-state index is -0.569. The van der Waals surface area contributed by atoms with Crippen LogP contribution in [0.5, 0.6) is 0 Å². The Morgan fingerprint density at radius 1 is 1.36 bits per heavy atom. The number of hydrogen-bond donors (Lipinski definition) is 2. The largest absolute Gasteiger partial charge is 0.396 e. The molecule has 3 nitrogen and oxygen atoms in total. The highest BCUT2D eigenvalue weighted by Gasteiger charge is 2.24. The fraction of sp³-hybridized carbons (Fsp3) is 0.909. The van der Waals surface area contributed by atoms with Crippen molar-refractivity contribution in [2.45, 2.75) is 46.1 Å². The molecule has 0 aromatic rings. The second-order valence-electron chi connectivity index (χ2n) is 3.92. The van der Waals surface area contributed by atoms with Crippen molar-refractivity contribution in [3.05, 3.63) is 0 Å². The van der Waals surface area contributed by atoms with Crippen LogP contribution in [0.2, 0.25) is 0 Å². The zero-order chi connectivity index (χ0) is 11.1. The summed E-state index contributed by atoms with van der Waals surface area (Å²) in [6, 6.07) is 0. The molecule has 0 saturated carbocycles. The van der Waals surface area contributed by atoms with Crippen LogP contribution < -0.4 is 0 Å². The van der Waals surface area contributed by atoms with Crippen LogP contribution in [0.1, 0.15) is 40.0 Å². The Labute approximate surface area is 86.1 Å². The lowest BCUT2D eigenvalue weighted by molar-refractivity contribution is -0.121. The summed E-state index contributed by atoms with van der Waals surface area (Å²) in [5.74, 6) is 0.0234. The number of rotatable bonds is 7. The van der Waals surface area contributed by atoms with Gasteiger partial charge in [0.05, 0.1) is 6.10 Å². The maximum Gasteiger partial charge on any atom is 0.133 e. The van der Waals surface area contributed by atoms with E-state index in [-0.39, 0.29) is 24.2 Å². The van der Waals surface area contributed by atoms with Crippen LogP contribution in [0.15, 0.2) is 0 Å². The van der Waals surface area contributed by atoms with Gasteiger partial charge in [0, 0.05) is 25.4 Å². The van der Waals surface area contributed by atoms with E-state index in [0.29, 0.717) is 12.8 Å². The molecule has 0 rings (SSSR count). The topological polar surface area (TPSA) is 57.5 Å². The van der Waals surface area contributed by atoms with Gasteiger partial charge in [-0.2, -0.15) is 0 Å². The minimum Gasteiger partial charge on any atom is -0.396 e. The van der Waals surface area contributed by atoms with Crippen LogP contribution >= 0.6 is 0 Å². The van der Waals surface area contributed by atoms with Gasteiger partial charge in [-0.15, -0.1) is 0 Å². The molecule has 0 amide bonds.